The molecule has 0 bridgehead atoms. The average Bonchev–Trinajstić information content (AvgIpc) is 3.09. The molecule has 0 spiro atoms. The van der Waals surface area contributed by atoms with Gasteiger partial charge in [-0.15, -0.1) is 0 Å². The molecule has 1 unspecified atom stereocenters. The van der Waals surface area contributed by atoms with Crippen molar-refractivity contribution in [1.82, 2.24) is 9.88 Å². The number of likely N-dealkylation sites (tertiary alicyclic amines) is 1. The Bertz CT molecular complexity index is 587. The Balaban J connectivity index is 1.74. The molecule has 2 heterocycles. The number of hydrogen-bond acceptors (Lipinski definition) is 5. The third-order valence-corrected chi connectivity index (χ3v) is 4.21. The number of aromatic nitrogens is 1. The Kier molecular flexibility index (Phi) is 3.34. The molecule has 1 fully saturated rings. The Morgan fingerprint density at radius 3 is 3.00 bits per heavy atom. The van der Waals surface area contributed by atoms with Gasteiger partial charge in [0.15, 0.2) is 11.3 Å². The maximum absolute atomic E-state index is 9.02. The predicted molar refractivity (Wildman–Crippen MR) is 76.5 cm³/mol. The molecule has 0 saturated carbocycles. The first kappa shape index (κ1) is 12.0. The van der Waals surface area contributed by atoms with Gasteiger partial charge in [-0.3, -0.25) is 4.90 Å². The van der Waals surface area contributed by atoms with Gasteiger partial charge in [-0.05, 0) is 18.4 Å². The van der Waals surface area contributed by atoms with Crippen LogP contribution < -0.4 is 5.32 Å². The van der Waals surface area contributed by atoms with E-state index in [1.54, 1.807) is 16.2 Å². The van der Waals surface area contributed by atoms with E-state index in [4.69, 9.17) is 5.26 Å². The summed E-state index contributed by atoms with van der Waals surface area (Å²) >= 11 is 1.63. The minimum atomic E-state index is 0.0970. The van der Waals surface area contributed by atoms with E-state index in [1.165, 1.54) is 5.56 Å². The molecule has 5 heteroatoms. The summed E-state index contributed by atoms with van der Waals surface area (Å²) in [5.74, 6) is 0. The Hall–Kier alpha value is -2.06. The minimum absolute atomic E-state index is 0.0970. The van der Waals surface area contributed by atoms with Crippen LogP contribution in [0.25, 0.3) is 10.4 Å². The molecule has 0 radical (unpaired) electrons. The zero-order chi connectivity index (χ0) is 13.1. The van der Waals surface area contributed by atoms with Gasteiger partial charge >= 0.3 is 0 Å². The number of nitrogens with zero attached hydrogens (tertiary/aromatic N) is 3. The normalized spacial score (nSPS) is 18.3. The number of rotatable bonds is 3. The molecular weight excluding hydrogens is 256 g/mol. The van der Waals surface area contributed by atoms with Crippen LogP contribution in [0.4, 0.5) is 5.13 Å². The van der Waals surface area contributed by atoms with Crippen molar-refractivity contribution in [3.8, 4) is 16.6 Å². The monoisotopic (exact) mass is 270 g/mol. The number of thiazole rings is 1. The van der Waals surface area contributed by atoms with Crippen LogP contribution in [0, 0.1) is 11.5 Å². The molecule has 1 aromatic carbocycles. The van der Waals surface area contributed by atoms with Crippen LogP contribution in [0.1, 0.15) is 12.8 Å². The molecule has 2 aromatic rings. The van der Waals surface area contributed by atoms with Crippen molar-refractivity contribution >= 4 is 16.5 Å². The summed E-state index contributed by atoms with van der Waals surface area (Å²) in [5.41, 5.74) is 1.18. The van der Waals surface area contributed by atoms with E-state index in [0.717, 1.165) is 29.4 Å². The van der Waals surface area contributed by atoms with Crippen LogP contribution in [0.3, 0.4) is 0 Å². The SMILES string of the molecule is N#CN1CCCC1Nc1ncc(-c2ccccc2)s1. The van der Waals surface area contributed by atoms with Gasteiger partial charge in [0, 0.05) is 12.7 Å². The highest BCUT2D eigenvalue weighted by Crippen LogP contribution is 2.30. The van der Waals surface area contributed by atoms with Gasteiger partial charge < -0.3 is 5.32 Å². The van der Waals surface area contributed by atoms with Gasteiger partial charge in [0.05, 0.1) is 4.88 Å². The van der Waals surface area contributed by atoms with E-state index < -0.39 is 0 Å². The molecule has 19 heavy (non-hydrogen) atoms. The van der Waals surface area contributed by atoms with Gasteiger partial charge in [0.1, 0.15) is 6.17 Å². The maximum Gasteiger partial charge on any atom is 0.184 e. The van der Waals surface area contributed by atoms with Crippen molar-refractivity contribution < 1.29 is 0 Å². The summed E-state index contributed by atoms with van der Waals surface area (Å²) in [7, 11) is 0. The predicted octanol–water partition coefficient (Wildman–Crippen LogP) is 3.12. The summed E-state index contributed by atoms with van der Waals surface area (Å²) in [4.78, 5) is 7.32. The molecule has 0 amide bonds. The molecule has 1 aromatic heterocycles. The van der Waals surface area contributed by atoms with E-state index in [2.05, 4.69) is 28.6 Å². The van der Waals surface area contributed by atoms with Crippen LogP contribution in [0.5, 0.6) is 0 Å². The lowest BCUT2D eigenvalue weighted by molar-refractivity contribution is 0.397. The average molecular weight is 270 g/mol. The van der Waals surface area contributed by atoms with Crippen molar-refractivity contribution in [3.63, 3.8) is 0 Å². The molecule has 1 saturated heterocycles. The van der Waals surface area contributed by atoms with Gasteiger partial charge in [0.25, 0.3) is 0 Å². The van der Waals surface area contributed by atoms with E-state index in [1.807, 2.05) is 24.4 Å². The summed E-state index contributed by atoms with van der Waals surface area (Å²) in [6.07, 6.45) is 6.25. The zero-order valence-electron chi connectivity index (χ0n) is 10.4. The first-order valence-electron chi connectivity index (χ1n) is 6.31. The second kappa shape index (κ2) is 5.29. The Labute approximate surface area is 116 Å². The Morgan fingerprint density at radius 2 is 2.21 bits per heavy atom. The first-order chi connectivity index (χ1) is 9.36. The van der Waals surface area contributed by atoms with Gasteiger partial charge in [0.2, 0.25) is 0 Å². The lowest BCUT2D eigenvalue weighted by Gasteiger charge is -2.18. The van der Waals surface area contributed by atoms with Crippen LogP contribution in [-0.2, 0) is 0 Å². The second-order valence-corrected chi connectivity index (χ2v) is 5.52. The fourth-order valence-corrected chi connectivity index (χ4v) is 3.12. The quantitative estimate of drug-likeness (QED) is 0.871. The van der Waals surface area contributed by atoms with Crippen molar-refractivity contribution in [2.24, 2.45) is 0 Å². The summed E-state index contributed by atoms with van der Waals surface area (Å²) in [5, 5.41) is 13.2. The number of nitriles is 1. The molecule has 1 aliphatic rings. The molecule has 1 N–H and O–H groups in total. The molecule has 1 aliphatic heterocycles. The molecule has 0 aliphatic carbocycles. The number of anilines is 1. The lowest BCUT2D eigenvalue weighted by Crippen LogP contribution is -2.31. The number of benzene rings is 1. The fourth-order valence-electron chi connectivity index (χ4n) is 2.26. The van der Waals surface area contributed by atoms with E-state index in [0.29, 0.717) is 0 Å². The van der Waals surface area contributed by atoms with Crippen molar-refractivity contribution in [2.45, 2.75) is 19.0 Å². The third-order valence-electron chi connectivity index (χ3n) is 3.24. The minimum Gasteiger partial charge on any atom is -0.341 e. The topological polar surface area (TPSA) is 52.0 Å². The standard InChI is InChI=1S/C14H14N4S/c15-10-18-8-4-7-13(18)17-14-16-9-12(19-14)11-5-2-1-3-6-11/h1-3,5-6,9,13H,4,7-8H2,(H,16,17). The Morgan fingerprint density at radius 1 is 1.37 bits per heavy atom. The highest BCUT2D eigenvalue weighted by Gasteiger charge is 2.23. The third kappa shape index (κ3) is 2.54. The summed E-state index contributed by atoms with van der Waals surface area (Å²) in [6.45, 7) is 0.838. The maximum atomic E-state index is 9.02. The highest BCUT2D eigenvalue weighted by molar-refractivity contribution is 7.18. The van der Waals surface area contributed by atoms with Crippen LogP contribution >= 0.6 is 11.3 Å². The van der Waals surface area contributed by atoms with Crippen molar-refractivity contribution in [2.75, 3.05) is 11.9 Å². The molecule has 1 atom stereocenters. The van der Waals surface area contributed by atoms with E-state index in [9.17, 15) is 0 Å². The van der Waals surface area contributed by atoms with E-state index in [-0.39, 0.29) is 6.17 Å². The van der Waals surface area contributed by atoms with Crippen molar-refractivity contribution in [3.05, 3.63) is 36.5 Å². The fraction of sp³-hybridized carbons (Fsp3) is 0.286. The highest BCUT2D eigenvalue weighted by atomic mass is 32.1. The molecule has 4 nitrogen and oxygen atoms in total. The van der Waals surface area contributed by atoms with E-state index >= 15 is 0 Å². The van der Waals surface area contributed by atoms with Crippen LogP contribution in [-0.4, -0.2) is 22.6 Å². The van der Waals surface area contributed by atoms with Crippen LogP contribution in [0.15, 0.2) is 36.5 Å². The molecule has 3 rings (SSSR count). The molecular formula is C14H14N4S. The summed E-state index contributed by atoms with van der Waals surface area (Å²) in [6, 6.07) is 10.2. The zero-order valence-corrected chi connectivity index (χ0v) is 11.2. The summed E-state index contributed by atoms with van der Waals surface area (Å²) < 4.78 is 0. The second-order valence-electron chi connectivity index (χ2n) is 4.49. The molecule has 96 valence electrons. The van der Waals surface area contributed by atoms with Gasteiger partial charge in [-0.2, -0.15) is 5.26 Å². The smallest absolute Gasteiger partial charge is 0.184 e. The van der Waals surface area contributed by atoms with Gasteiger partial charge in [-0.1, -0.05) is 41.7 Å². The number of hydrogen-bond donors (Lipinski definition) is 1. The van der Waals surface area contributed by atoms with Crippen molar-refractivity contribution in [1.29, 1.82) is 5.26 Å². The van der Waals surface area contributed by atoms with Gasteiger partial charge in [-0.25, -0.2) is 4.98 Å². The first-order valence-corrected chi connectivity index (χ1v) is 7.12. The lowest BCUT2D eigenvalue weighted by atomic mass is 10.2. The van der Waals surface area contributed by atoms with Crippen LogP contribution in [0.2, 0.25) is 0 Å². The largest absolute Gasteiger partial charge is 0.341 e. The number of nitrogens with one attached hydrogen (secondary N) is 1.